The number of aryl methyl sites for hydroxylation is 1. The number of tetrazole rings is 1. The van der Waals surface area contributed by atoms with E-state index in [-0.39, 0.29) is 0 Å². The molecule has 0 aliphatic rings. The molecule has 0 spiro atoms. The van der Waals surface area contributed by atoms with Gasteiger partial charge in [-0.3, -0.25) is 4.68 Å². The minimum Gasteiger partial charge on any atom is -0.271 e. The number of nitrogens with one attached hydrogen (secondary N) is 1. The summed E-state index contributed by atoms with van der Waals surface area (Å²) in [6.07, 6.45) is 1.87. The van der Waals surface area contributed by atoms with Crippen molar-refractivity contribution in [2.24, 2.45) is 0 Å². The van der Waals surface area contributed by atoms with Gasteiger partial charge in [-0.2, -0.15) is 15.0 Å². The minimum atomic E-state index is 0.376. The van der Waals surface area contributed by atoms with Gasteiger partial charge in [0, 0.05) is 18.8 Å². The van der Waals surface area contributed by atoms with E-state index in [4.69, 9.17) is 12.2 Å². The molecular formula is C6H8N6S. The van der Waals surface area contributed by atoms with Gasteiger partial charge in [-0.1, -0.05) is 10.3 Å². The van der Waals surface area contributed by atoms with Crippen LogP contribution in [0.1, 0.15) is 6.92 Å². The number of aromatic amines is 1. The molecule has 0 aromatic carbocycles. The van der Waals surface area contributed by atoms with Gasteiger partial charge in [0.05, 0.1) is 0 Å². The standard InChI is InChI=1S/C6H8N6S/c1-2-11-4-3-5(8-11)12-6(13)7-9-10-12/h3-4H,2H2,1H3,(H,7,10,13). The van der Waals surface area contributed by atoms with Crippen molar-refractivity contribution >= 4 is 12.2 Å². The molecule has 0 saturated heterocycles. The van der Waals surface area contributed by atoms with E-state index in [1.165, 1.54) is 0 Å². The second kappa shape index (κ2) is 3.09. The first-order chi connectivity index (χ1) is 6.31. The number of hydrogen-bond donors (Lipinski definition) is 1. The first-order valence-electron chi connectivity index (χ1n) is 3.85. The molecule has 7 heteroatoms. The van der Waals surface area contributed by atoms with Crippen LogP contribution in [0.3, 0.4) is 0 Å². The topological polar surface area (TPSA) is 64.3 Å². The van der Waals surface area contributed by atoms with Crippen LogP contribution < -0.4 is 0 Å². The molecule has 2 heterocycles. The van der Waals surface area contributed by atoms with Crippen LogP contribution in [-0.4, -0.2) is 30.0 Å². The van der Waals surface area contributed by atoms with Crippen LogP contribution in [0.2, 0.25) is 0 Å². The molecule has 2 aromatic rings. The SMILES string of the molecule is CCn1ccc(-n2[nH]nnc2=S)n1. The summed E-state index contributed by atoms with van der Waals surface area (Å²) < 4.78 is 3.72. The largest absolute Gasteiger partial charge is 0.271 e. The molecule has 0 radical (unpaired) electrons. The Morgan fingerprint density at radius 1 is 1.62 bits per heavy atom. The van der Waals surface area contributed by atoms with Crippen LogP contribution in [0.25, 0.3) is 5.82 Å². The van der Waals surface area contributed by atoms with Crippen molar-refractivity contribution in [2.45, 2.75) is 13.5 Å². The molecule has 2 rings (SSSR count). The fourth-order valence-electron chi connectivity index (χ4n) is 0.993. The van der Waals surface area contributed by atoms with Crippen LogP contribution in [0.5, 0.6) is 0 Å². The maximum Gasteiger partial charge on any atom is 0.244 e. The van der Waals surface area contributed by atoms with E-state index >= 15 is 0 Å². The summed E-state index contributed by atoms with van der Waals surface area (Å²) in [5.74, 6) is 0.705. The van der Waals surface area contributed by atoms with Gasteiger partial charge in [0.1, 0.15) is 0 Å². The predicted molar refractivity (Wildman–Crippen MR) is 48.0 cm³/mol. The Bertz CT molecular complexity index is 451. The van der Waals surface area contributed by atoms with Crippen LogP contribution in [0, 0.1) is 4.77 Å². The van der Waals surface area contributed by atoms with Crippen molar-refractivity contribution in [3.63, 3.8) is 0 Å². The third-order valence-electron chi connectivity index (χ3n) is 1.65. The summed E-state index contributed by atoms with van der Waals surface area (Å²) in [5.41, 5.74) is 0. The molecule has 0 aliphatic carbocycles. The number of H-pyrrole nitrogens is 1. The van der Waals surface area contributed by atoms with Gasteiger partial charge in [-0.15, -0.1) is 0 Å². The maximum absolute atomic E-state index is 4.92. The summed E-state index contributed by atoms with van der Waals surface area (Å²) in [7, 11) is 0. The zero-order valence-electron chi connectivity index (χ0n) is 7.01. The fraction of sp³-hybridized carbons (Fsp3) is 0.333. The molecule has 0 unspecified atom stereocenters. The van der Waals surface area contributed by atoms with Crippen molar-refractivity contribution in [1.29, 1.82) is 0 Å². The van der Waals surface area contributed by atoms with Crippen molar-refractivity contribution < 1.29 is 0 Å². The smallest absolute Gasteiger partial charge is 0.244 e. The molecule has 0 atom stereocenters. The molecule has 68 valence electrons. The zero-order valence-corrected chi connectivity index (χ0v) is 7.82. The van der Waals surface area contributed by atoms with Crippen molar-refractivity contribution in [1.82, 2.24) is 30.0 Å². The highest BCUT2D eigenvalue weighted by atomic mass is 32.1. The van der Waals surface area contributed by atoms with E-state index in [1.807, 2.05) is 19.2 Å². The number of aromatic nitrogens is 6. The lowest BCUT2D eigenvalue weighted by Crippen LogP contribution is -2.00. The Balaban J connectivity index is 2.47. The third kappa shape index (κ3) is 1.37. The van der Waals surface area contributed by atoms with E-state index in [2.05, 4.69) is 20.6 Å². The molecule has 0 aliphatic heterocycles. The number of rotatable bonds is 2. The Kier molecular flexibility index (Phi) is 1.93. The molecule has 0 fully saturated rings. The van der Waals surface area contributed by atoms with E-state index in [0.717, 1.165) is 6.54 Å². The summed E-state index contributed by atoms with van der Waals surface area (Å²) >= 11 is 4.92. The second-order valence-corrected chi connectivity index (χ2v) is 2.81. The average Bonchev–Trinajstić information content (AvgIpc) is 2.71. The molecular weight excluding hydrogens is 188 g/mol. The van der Waals surface area contributed by atoms with Crippen molar-refractivity contribution in [2.75, 3.05) is 0 Å². The second-order valence-electron chi connectivity index (χ2n) is 2.45. The Labute approximate surface area is 79.2 Å². The summed E-state index contributed by atoms with van der Waals surface area (Å²) in [4.78, 5) is 0. The predicted octanol–water partition coefficient (Wildman–Crippen LogP) is 0.541. The lowest BCUT2D eigenvalue weighted by molar-refractivity contribution is 0.641. The van der Waals surface area contributed by atoms with Crippen molar-refractivity contribution in [3.05, 3.63) is 17.0 Å². The Morgan fingerprint density at radius 2 is 2.46 bits per heavy atom. The molecule has 0 amide bonds. The van der Waals surface area contributed by atoms with Gasteiger partial charge in [-0.25, -0.2) is 0 Å². The first-order valence-corrected chi connectivity index (χ1v) is 4.26. The van der Waals surface area contributed by atoms with E-state index in [0.29, 0.717) is 10.6 Å². The van der Waals surface area contributed by atoms with Gasteiger partial charge in [0.2, 0.25) is 4.77 Å². The van der Waals surface area contributed by atoms with Crippen LogP contribution >= 0.6 is 12.2 Å². The maximum atomic E-state index is 4.92. The number of nitrogens with zero attached hydrogens (tertiary/aromatic N) is 5. The molecule has 0 bridgehead atoms. The van der Waals surface area contributed by atoms with E-state index in [9.17, 15) is 0 Å². The lowest BCUT2D eigenvalue weighted by atomic mass is 10.6. The normalized spacial score (nSPS) is 10.5. The van der Waals surface area contributed by atoms with Gasteiger partial charge in [0.15, 0.2) is 5.82 Å². The summed E-state index contributed by atoms with van der Waals surface area (Å²) in [6.45, 7) is 2.84. The first kappa shape index (κ1) is 8.11. The fourth-order valence-corrected chi connectivity index (χ4v) is 1.17. The van der Waals surface area contributed by atoms with Gasteiger partial charge in [-0.05, 0) is 19.1 Å². The molecule has 2 aromatic heterocycles. The van der Waals surface area contributed by atoms with Crippen molar-refractivity contribution in [3.8, 4) is 5.82 Å². The van der Waals surface area contributed by atoms with Gasteiger partial charge in [0.25, 0.3) is 0 Å². The zero-order chi connectivity index (χ0) is 9.26. The van der Waals surface area contributed by atoms with Crippen LogP contribution in [0.15, 0.2) is 12.3 Å². The highest BCUT2D eigenvalue weighted by Crippen LogP contribution is 2.00. The van der Waals surface area contributed by atoms with Gasteiger partial charge < -0.3 is 0 Å². The molecule has 1 N–H and O–H groups in total. The summed E-state index contributed by atoms with van der Waals surface area (Å²) in [6, 6.07) is 1.85. The third-order valence-corrected chi connectivity index (χ3v) is 1.92. The summed E-state index contributed by atoms with van der Waals surface area (Å²) in [5, 5.41) is 14.1. The molecule has 6 nitrogen and oxygen atoms in total. The highest BCUT2D eigenvalue weighted by Gasteiger charge is 2.02. The van der Waals surface area contributed by atoms with Gasteiger partial charge >= 0.3 is 0 Å². The lowest BCUT2D eigenvalue weighted by Gasteiger charge is -1.94. The number of hydrogen-bond acceptors (Lipinski definition) is 4. The Morgan fingerprint density at radius 3 is 3.00 bits per heavy atom. The minimum absolute atomic E-state index is 0.376. The quantitative estimate of drug-likeness (QED) is 0.712. The highest BCUT2D eigenvalue weighted by molar-refractivity contribution is 7.71. The average molecular weight is 196 g/mol. The van der Waals surface area contributed by atoms with Crippen LogP contribution in [0.4, 0.5) is 0 Å². The Hall–Kier alpha value is -1.50. The van der Waals surface area contributed by atoms with Crippen LogP contribution in [-0.2, 0) is 6.54 Å². The monoisotopic (exact) mass is 196 g/mol. The van der Waals surface area contributed by atoms with E-state index < -0.39 is 0 Å². The van der Waals surface area contributed by atoms with E-state index in [1.54, 1.807) is 9.36 Å². The molecule has 13 heavy (non-hydrogen) atoms. The molecule has 0 saturated carbocycles.